The zero-order valence-electron chi connectivity index (χ0n) is 13.9. The number of hydrogen-bond donors (Lipinski definition) is 2. The smallest absolute Gasteiger partial charge is 0.293 e. The van der Waals surface area contributed by atoms with E-state index in [2.05, 4.69) is 31.4 Å². The fourth-order valence-electron chi connectivity index (χ4n) is 2.04. The number of carbonyl (C=O) groups excluding carboxylic acids is 3. The maximum Gasteiger partial charge on any atom is 0.293 e. The standard InChI is InChI=1S/C15H10BrFN4O5S2/c1-21-13(24)8(28-15(21)25)3-6-2-7(12(23)11(17)10(6)16)26-4-9(22)19-14-20-18-5-27-14/h2-3,5,23H,4H2,1H3,(H,19,20,22)/b8-3-. The quantitative estimate of drug-likeness (QED) is 0.616. The van der Waals surface area contributed by atoms with Crippen molar-refractivity contribution in [2.24, 2.45) is 0 Å². The summed E-state index contributed by atoms with van der Waals surface area (Å²) in [4.78, 5) is 36.4. The number of phenolic OH excluding ortho intramolecular Hbond substituents is 1. The number of phenols is 1. The molecule has 1 saturated heterocycles. The summed E-state index contributed by atoms with van der Waals surface area (Å²) in [5.74, 6) is -3.28. The molecule has 2 N–H and O–H groups in total. The van der Waals surface area contributed by atoms with Crippen molar-refractivity contribution in [2.75, 3.05) is 19.0 Å². The molecule has 0 aliphatic carbocycles. The number of ether oxygens (including phenoxy) is 1. The number of amides is 3. The van der Waals surface area contributed by atoms with Crippen LogP contribution in [0.15, 0.2) is 21.0 Å². The second kappa shape index (κ2) is 8.24. The highest BCUT2D eigenvalue weighted by Crippen LogP contribution is 2.39. The van der Waals surface area contributed by atoms with Crippen molar-refractivity contribution in [3.63, 3.8) is 0 Å². The number of hydrogen-bond acceptors (Lipinski definition) is 9. The van der Waals surface area contributed by atoms with Gasteiger partial charge in [0.25, 0.3) is 17.1 Å². The minimum absolute atomic E-state index is 0.0817. The molecule has 0 radical (unpaired) electrons. The highest BCUT2D eigenvalue weighted by atomic mass is 79.9. The van der Waals surface area contributed by atoms with Gasteiger partial charge in [-0.25, -0.2) is 4.39 Å². The van der Waals surface area contributed by atoms with Crippen LogP contribution in [-0.2, 0) is 9.59 Å². The number of aromatic hydroxyl groups is 1. The zero-order valence-corrected chi connectivity index (χ0v) is 17.2. The molecule has 1 aliphatic rings. The molecule has 9 nitrogen and oxygen atoms in total. The van der Waals surface area contributed by atoms with E-state index in [-0.39, 0.29) is 25.8 Å². The number of carbonyl (C=O) groups is 3. The summed E-state index contributed by atoms with van der Waals surface area (Å²) >= 11 is 4.80. The highest BCUT2D eigenvalue weighted by Gasteiger charge is 2.32. The average Bonchev–Trinajstić information content (AvgIpc) is 3.25. The first-order chi connectivity index (χ1) is 13.3. The van der Waals surface area contributed by atoms with Gasteiger partial charge in [-0.3, -0.25) is 24.6 Å². The molecule has 0 atom stereocenters. The maximum atomic E-state index is 14.3. The minimum atomic E-state index is -1.04. The summed E-state index contributed by atoms with van der Waals surface area (Å²) in [6.45, 7) is -0.529. The lowest BCUT2D eigenvalue weighted by atomic mass is 10.1. The van der Waals surface area contributed by atoms with Crippen molar-refractivity contribution in [3.8, 4) is 11.5 Å². The van der Waals surface area contributed by atoms with E-state index in [1.807, 2.05) is 0 Å². The van der Waals surface area contributed by atoms with Crippen LogP contribution >= 0.6 is 39.0 Å². The minimum Gasteiger partial charge on any atom is -0.502 e. The predicted molar refractivity (Wildman–Crippen MR) is 104 cm³/mol. The molecule has 146 valence electrons. The van der Waals surface area contributed by atoms with Crippen molar-refractivity contribution in [3.05, 3.63) is 32.3 Å². The maximum absolute atomic E-state index is 14.3. The Morgan fingerprint density at radius 1 is 1.50 bits per heavy atom. The molecule has 0 bridgehead atoms. The molecule has 2 aromatic rings. The summed E-state index contributed by atoms with van der Waals surface area (Å²) in [7, 11) is 1.33. The van der Waals surface area contributed by atoms with E-state index >= 15 is 0 Å². The molecule has 1 fully saturated rings. The van der Waals surface area contributed by atoms with Crippen molar-refractivity contribution < 1.29 is 28.6 Å². The van der Waals surface area contributed by atoms with Crippen molar-refractivity contribution in [1.82, 2.24) is 15.1 Å². The van der Waals surface area contributed by atoms with Crippen LogP contribution in [0.25, 0.3) is 6.08 Å². The molecule has 1 aromatic carbocycles. The Balaban J connectivity index is 1.82. The third-order valence-electron chi connectivity index (χ3n) is 3.41. The van der Waals surface area contributed by atoms with Gasteiger partial charge in [0.1, 0.15) is 5.51 Å². The Morgan fingerprint density at radius 2 is 2.25 bits per heavy atom. The van der Waals surface area contributed by atoms with E-state index in [4.69, 9.17) is 4.74 Å². The number of thioether (sulfide) groups is 1. The van der Waals surface area contributed by atoms with Crippen LogP contribution < -0.4 is 10.1 Å². The lowest BCUT2D eigenvalue weighted by Crippen LogP contribution is -2.22. The molecule has 0 unspecified atom stereocenters. The second-order valence-electron chi connectivity index (χ2n) is 5.26. The Morgan fingerprint density at radius 3 is 2.86 bits per heavy atom. The van der Waals surface area contributed by atoms with Crippen LogP contribution in [0.2, 0.25) is 0 Å². The number of benzene rings is 1. The topological polar surface area (TPSA) is 122 Å². The molecule has 3 amide bonds. The van der Waals surface area contributed by atoms with E-state index in [9.17, 15) is 23.9 Å². The number of imide groups is 1. The molecule has 1 aromatic heterocycles. The number of nitrogens with zero attached hydrogens (tertiary/aromatic N) is 3. The van der Waals surface area contributed by atoms with Gasteiger partial charge in [0, 0.05) is 7.05 Å². The van der Waals surface area contributed by atoms with Crippen LogP contribution in [0.3, 0.4) is 0 Å². The van der Waals surface area contributed by atoms with Gasteiger partial charge >= 0.3 is 0 Å². The van der Waals surface area contributed by atoms with E-state index in [0.29, 0.717) is 11.8 Å². The van der Waals surface area contributed by atoms with Crippen LogP contribution in [0.5, 0.6) is 11.5 Å². The number of halogens is 2. The fraction of sp³-hybridized carbons (Fsp3) is 0.133. The van der Waals surface area contributed by atoms with E-state index in [1.165, 1.54) is 24.7 Å². The molecule has 1 aliphatic heterocycles. The van der Waals surface area contributed by atoms with Gasteiger partial charge in [0.2, 0.25) is 5.13 Å². The Hall–Kier alpha value is -2.51. The van der Waals surface area contributed by atoms with E-state index in [1.54, 1.807) is 0 Å². The molecule has 2 heterocycles. The first kappa shape index (κ1) is 20.2. The van der Waals surface area contributed by atoms with Gasteiger partial charge in [0.15, 0.2) is 23.9 Å². The molecule has 3 rings (SSSR count). The van der Waals surface area contributed by atoms with Gasteiger partial charge < -0.3 is 9.84 Å². The van der Waals surface area contributed by atoms with Gasteiger partial charge in [-0.1, -0.05) is 11.3 Å². The predicted octanol–water partition coefficient (Wildman–Crippen LogP) is 2.83. The third kappa shape index (κ3) is 4.15. The lowest BCUT2D eigenvalue weighted by molar-refractivity contribution is -0.121. The van der Waals surface area contributed by atoms with Gasteiger partial charge in [-0.2, -0.15) is 0 Å². The largest absolute Gasteiger partial charge is 0.502 e. The van der Waals surface area contributed by atoms with Crippen molar-refractivity contribution in [2.45, 2.75) is 0 Å². The highest BCUT2D eigenvalue weighted by molar-refractivity contribution is 9.10. The van der Waals surface area contributed by atoms with Crippen molar-refractivity contribution in [1.29, 1.82) is 0 Å². The summed E-state index contributed by atoms with van der Waals surface area (Å²) in [5.41, 5.74) is 1.57. The molecule has 28 heavy (non-hydrogen) atoms. The molecular weight excluding hydrogens is 479 g/mol. The Bertz CT molecular complexity index is 999. The van der Waals surface area contributed by atoms with Gasteiger partial charge in [-0.15, -0.1) is 10.2 Å². The van der Waals surface area contributed by atoms with E-state index in [0.717, 1.165) is 16.2 Å². The monoisotopic (exact) mass is 488 g/mol. The van der Waals surface area contributed by atoms with Crippen molar-refractivity contribution >= 4 is 67.3 Å². The number of nitrogens with one attached hydrogen (secondary N) is 1. The first-order valence-corrected chi connectivity index (χ1v) is 9.88. The van der Waals surface area contributed by atoms with Crippen LogP contribution in [0, 0.1) is 5.82 Å². The van der Waals surface area contributed by atoms with Crippen LogP contribution in [0.4, 0.5) is 14.3 Å². The van der Waals surface area contributed by atoms with Crippen LogP contribution in [0.1, 0.15) is 5.56 Å². The fourth-order valence-corrected chi connectivity index (χ4v) is 3.74. The summed E-state index contributed by atoms with van der Waals surface area (Å²) in [6, 6.07) is 1.24. The van der Waals surface area contributed by atoms with Gasteiger partial charge in [-0.05, 0) is 45.4 Å². The molecule has 13 heteroatoms. The summed E-state index contributed by atoms with van der Waals surface area (Å²) < 4.78 is 19.4. The first-order valence-electron chi connectivity index (χ1n) is 7.39. The van der Waals surface area contributed by atoms with Gasteiger partial charge in [0.05, 0.1) is 9.38 Å². The Kier molecular flexibility index (Phi) is 5.96. The molecule has 0 spiro atoms. The zero-order chi connectivity index (χ0) is 20.4. The average molecular weight is 489 g/mol. The normalized spacial score (nSPS) is 15.4. The molecular formula is C15H10BrFN4O5S2. The van der Waals surface area contributed by atoms with E-state index < -0.39 is 35.2 Å². The third-order valence-corrected chi connectivity index (χ3v) is 5.79. The lowest BCUT2D eigenvalue weighted by Gasteiger charge is -2.11. The summed E-state index contributed by atoms with van der Waals surface area (Å²) in [6.07, 6.45) is 1.29. The Labute approximate surface area is 173 Å². The number of anilines is 1. The van der Waals surface area contributed by atoms with Crippen LogP contribution in [-0.4, -0.2) is 50.9 Å². The number of rotatable bonds is 5. The number of likely N-dealkylation sites (N-methyl/N-ethyl adjacent to an activating group) is 1. The second-order valence-corrected chi connectivity index (χ2v) is 7.88. The summed E-state index contributed by atoms with van der Waals surface area (Å²) in [5, 5.41) is 19.3. The number of aromatic nitrogens is 2. The SMILES string of the molecule is CN1C(=O)S/C(=C\c2cc(OCC(=O)Nc3nncs3)c(O)c(F)c2Br)C1=O. The molecule has 0 saturated carbocycles.